The highest BCUT2D eigenvalue weighted by atomic mass is 19.4. The van der Waals surface area contributed by atoms with Crippen molar-refractivity contribution in [3.8, 4) is 11.8 Å². The Morgan fingerprint density at radius 2 is 1.95 bits per heavy atom. The van der Waals surface area contributed by atoms with E-state index in [1.807, 2.05) is 6.92 Å². The molecule has 0 radical (unpaired) electrons. The van der Waals surface area contributed by atoms with Gasteiger partial charge in [0.1, 0.15) is 0 Å². The summed E-state index contributed by atoms with van der Waals surface area (Å²) in [4.78, 5) is 3.99. The molecule has 1 aromatic rings. The third-order valence-electron chi connectivity index (χ3n) is 2.16. The van der Waals surface area contributed by atoms with Crippen LogP contribution in [0.2, 0.25) is 0 Å². The Hall–Kier alpha value is -1.66. The molecular weight excluding hydrogens is 261 g/mol. The van der Waals surface area contributed by atoms with Gasteiger partial charge < -0.3 is 15.2 Å². The lowest BCUT2D eigenvalue weighted by atomic mass is 10.3. The molecule has 0 aliphatic heterocycles. The Labute approximate surface area is 109 Å². The Bertz CT molecular complexity index is 397. The molecule has 19 heavy (non-hydrogen) atoms. The first-order chi connectivity index (χ1) is 8.92. The van der Waals surface area contributed by atoms with Crippen LogP contribution in [0.25, 0.3) is 0 Å². The molecule has 1 heterocycles. The summed E-state index contributed by atoms with van der Waals surface area (Å²) in [6.07, 6.45) is -4.34. The Kier molecular flexibility index (Phi) is 5.72. The molecular formula is C12H17F3N2O2. The number of anilines is 1. The van der Waals surface area contributed by atoms with Crippen molar-refractivity contribution >= 4 is 5.69 Å². The topological polar surface area (TPSA) is 57.4 Å². The van der Waals surface area contributed by atoms with Crippen molar-refractivity contribution in [3.63, 3.8) is 0 Å². The van der Waals surface area contributed by atoms with Crippen LogP contribution in [0.4, 0.5) is 18.9 Å². The van der Waals surface area contributed by atoms with Crippen molar-refractivity contribution in [2.75, 3.05) is 18.9 Å². The number of alkyl halides is 3. The standard InChI is InChI=1S/C12H17F3N2O2/c1-2-7-19-11-9(16)4-5-10(17-11)18-8-3-6-12(13,14)15/h4-5H,2-3,6-8,16H2,1H3. The van der Waals surface area contributed by atoms with Crippen molar-refractivity contribution in [3.05, 3.63) is 12.1 Å². The number of hydrogen-bond donors (Lipinski definition) is 1. The van der Waals surface area contributed by atoms with E-state index < -0.39 is 12.6 Å². The first-order valence-corrected chi connectivity index (χ1v) is 6.01. The summed E-state index contributed by atoms with van der Waals surface area (Å²) in [6.45, 7) is 2.35. The van der Waals surface area contributed by atoms with Crippen LogP contribution >= 0.6 is 0 Å². The highest BCUT2D eigenvalue weighted by Crippen LogP contribution is 2.24. The Morgan fingerprint density at radius 1 is 1.21 bits per heavy atom. The summed E-state index contributed by atoms with van der Waals surface area (Å²) in [6, 6.07) is 3.05. The van der Waals surface area contributed by atoms with E-state index in [1.165, 1.54) is 6.07 Å². The van der Waals surface area contributed by atoms with Crippen molar-refractivity contribution in [1.29, 1.82) is 0 Å². The van der Waals surface area contributed by atoms with Gasteiger partial charge in [0.15, 0.2) is 0 Å². The van der Waals surface area contributed by atoms with Gasteiger partial charge in [-0.3, -0.25) is 0 Å². The van der Waals surface area contributed by atoms with Crippen molar-refractivity contribution in [1.82, 2.24) is 4.98 Å². The van der Waals surface area contributed by atoms with Crippen LogP contribution < -0.4 is 15.2 Å². The maximum atomic E-state index is 11.9. The molecule has 0 atom stereocenters. The second kappa shape index (κ2) is 7.06. The van der Waals surface area contributed by atoms with Crippen molar-refractivity contribution in [2.45, 2.75) is 32.4 Å². The molecule has 2 N–H and O–H groups in total. The highest BCUT2D eigenvalue weighted by molar-refractivity contribution is 5.49. The van der Waals surface area contributed by atoms with Gasteiger partial charge in [0.25, 0.3) is 0 Å². The maximum absolute atomic E-state index is 11.9. The predicted octanol–water partition coefficient (Wildman–Crippen LogP) is 3.17. The summed E-state index contributed by atoms with van der Waals surface area (Å²) in [5.74, 6) is 0.456. The van der Waals surface area contributed by atoms with Crippen LogP contribution in [0.3, 0.4) is 0 Å². The number of ether oxygens (including phenoxy) is 2. The lowest BCUT2D eigenvalue weighted by molar-refractivity contribution is -0.136. The number of hydrogen-bond acceptors (Lipinski definition) is 4. The SMILES string of the molecule is CCCOc1nc(OCCCC(F)(F)F)ccc1N. The molecule has 0 fully saturated rings. The summed E-state index contributed by atoms with van der Waals surface area (Å²) < 4.78 is 46.2. The van der Waals surface area contributed by atoms with E-state index >= 15 is 0 Å². The first kappa shape index (κ1) is 15.4. The summed E-state index contributed by atoms with van der Waals surface area (Å²) in [5, 5.41) is 0. The predicted molar refractivity (Wildman–Crippen MR) is 65.2 cm³/mol. The highest BCUT2D eigenvalue weighted by Gasteiger charge is 2.26. The third kappa shape index (κ3) is 6.17. The number of nitrogens with zero attached hydrogens (tertiary/aromatic N) is 1. The number of nitrogens with two attached hydrogens (primary N) is 1. The zero-order valence-corrected chi connectivity index (χ0v) is 10.7. The molecule has 0 bridgehead atoms. The zero-order chi connectivity index (χ0) is 14.3. The largest absolute Gasteiger partial charge is 0.478 e. The molecule has 0 aliphatic rings. The van der Waals surface area contributed by atoms with E-state index in [0.29, 0.717) is 12.3 Å². The van der Waals surface area contributed by atoms with Gasteiger partial charge in [-0.2, -0.15) is 18.2 Å². The minimum Gasteiger partial charge on any atom is -0.478 e. The number of pyridine rings is 1. The average Bonchev–Trinajstić information content (AvgIpc) is 2.33. The number of nitrogen functional groups attached to an aromatic ring is 1. The van der Waals surface area contributed by atoms with Gasteiger partial charge in [0.05, 0.1) is 18.9 Å². The molecule has 0 aromatic carbocycles. The van der Waals surface area contributed by atoms with Gasteiger partial charge in [-0.05, 0) is 18.9 Å². The molecule has 0 spiro atoms. The van der Waals surface area contributed by atoms with Crippen LogP contribution in [0.1, 0.15) is 26.2 Å². The summed E-state index contributed by atoms with van der Waals surface area (Å²) in [7, 11) is 0. The molecule has 1 aromatic heterocycles. The van der Waals surface area contributed by atoms with E-state index in [2.05, 4.69) is 4.98 Å². The maximum Gasteiger partial charge on any atom is 0.389 e. The van der Waals surface area contributed by atoms with Crippen LogP contribution in [0.15, 0.2) is 12.1 Å². The fraction of sp³-hybridized carbons (Fsp3) is 0.583. The normalized spacial score (nSPS) is 11.4. The quantitative estimate of drug-likeness (QED) is 0.778. The molecule has 0 saturated carbocycles. The average molecular weight is 278 g/mol. The number of rotatable bonds is 7. The smallest absolute Gasteiger partial charge is 0.389 e. The van der Waals surface area contributed by atoms with Crippen LogP contribution in [0.5, 0.6) is 11.8 Å². The Balaban J connectivity index is 2.45. The lowest BCUT2D eigenvalue weighted by Crippen LogP contribution is -2.10. The van der Waals surface area contributed by atoms with E-state index in [1.54, 1.807) is 6.07 Å². The van der Waals surface area contributed by atoms with Crippen LogP contribution in [-0.4, -0.2) is 24.4 Å². The van der Waals surface area contributed by atoms with Crippen LogP contribution in [-0.2, 0) is 0 Å². The summed E-state index contributed by atoms with van der Waals surface area (Å²) >= 11 is 0. The van der Waals surface area contributed by atoms with E-state index in [9.17, 15) is 13.2 Å². The third-order valence-corrected chi connectivity index (χ3v) is 2.16. The van der Waals surface area contributed by atoms with Gasteiger partial charge in [0, 0.05) is 12.5 Å². The monoisotopic (exact) mass is 278 g/mol. The number of halogens is 3. The van der Waals surface area contributed by atoms with E-state index in [-0.39, 0.29) is 24.8 Å². The molecule has 0 saturated heterocycles. The molecule has 4 nitrogen and oxygen atoms in total. The molecule has 1 rings (SSSR count). The second-order valence-electron chi connectivity index (χ2n) is 3.96. The van der Waals surface area contributed by atoms with Crippen molar-refractivity contribution < 1.29 is 22.6 Å². The van der Waals surface area contributed by atoms with E-state index in [4.69, 9.17) is 15.2 Å². The molecule has 108 valence electrons. The molecule has 0 aliphatic carbocycles. The minimum absolute atomic E-state index is 0.0519. The zero-order valence-electron chi connectivity index (χ0n) is 10.7. The van der Waals surface area contributed by atoms with Gasteiger partial charge in [-0.25, -0.2) is 0 Å². The first-order valence-electron chi connectivity index (χ1n) is 6.01. The van der Waals surface area contributed by atoms with Crippen molar-refractivity contribution in [2.24, 2.45) is 0 Å². The fourth-order valence-electron chi connectivity index (χ4n) is 1.28. The number of aromatic nitrogens is 1. The fourth-order valence-corrected chi connectivity index (χ4v) is 1.28. The van der Waals surface area contributed by atoms with Crippen LogP contribution in [0, 0.1) is 0 Å². The van der Waals surface area contributed by atoms with E-state index in [0.717, 1.165) is 6.42 Å². The van der Waals surface area contributed by atoms with Gasteiger partial charge in [-0.15, -0.1) is 0 Å². The summed E-state index contributed by atoms with van der Waals surface area (Å²) in [5.41, 5.74) is 6.02. The second-order valence-corrected chi connectivity index (χ2v) is 3.96. The Morgan fingerprint density at radius 3 is 2.58 bits per heavy atom. The van der Waals surface area contributed by atoms with Gasteiger partial charge >= 0.3 is 6.18 Å². The molecule has 0 unspecified atom stereocenters. The molecule has 7 heteroatoms. The molecule has 0 amide bonds. The van der Waals surface area contributed by atoms with Gasteiger partial charge in [0.2, 0.25) is 11.8 Å². The minimum atomic E-state index is -4.16. The van der Waals surface area contributed by atoms with Gasteiger partial charge in [-0.1, -0.05) is 6.92 Å². The lowest BCUT2D eigenvalue weighted by Gasteiger charge is -2.10.